The molecule has 0 aliphatic heterocycles. The fourth-order valence-electron chi connectivity index (χ4n) is 1.95. The average molecular weight is 365 g/mol. The van der Waals surface area contributed by atoms with E-state index >= 15 is 0 Å². The van der Waals surface area contributed by atoms with E-state index in [0.717, 1.165) is 6.07 Å². The molecule has 2 rings (SSSR count). The first kappa shape index (κ1) is 18.4. The van der Waals surface area contributed by atoms with Crippen molar-refractivity contribution in [2.24, 2.45) is 5.73 Å². The molecule has 0 atom stereocenters. The Balaban J connectivity index is 2.22. The van der Waals surface area contributed by atoms with Gasteiger partial charge in [-0.05, 0) is 42.8 Å². The summed E-state index contributed by atoms with van der Waals surface area (Å²) in [5.41, 5.74) is 5.52. The Kier molecular flexibility index (Phi) is 5.38. The number of hydrogen-bond donors (Lipinski definition) is 3. The Morgan fingerprint density at radius 2 is 1.88 bits per heavy atom. The highest BCUT2D eigenvalue weighted by Crippen LogP contribution is 2.19. The first-order valence-electron chi connectivity index (χ1n) is 7.14. The topological polar surface area (TPSA) is 118 Å². The van der Waals surface area contributed by atoms with Gasteiger partial charge in [-0.3, -0.25) is 14.3 Å². The Bertz CT molecular complexity index is 929. The zero-order chi connectivity index (χ0) is 18.6. The van der Waals surface area contributed by atoms with Gasteiger partial charge in [-0.1, -0.05) is 12.1 Å². The van der Waals surface area contributed by atoms with Gasteiger partial charge in [0.1, 0.15) is 5.82 Å². The van der Waals surface area contributed by atoms with Gasteiger partial charge in [-0.2, -0.15) is 0 Å². The molecule has 9 heteroatoms. The van der Waals surface area contributed by atoms with Gasteiger partial charge in [0.05, 0.1) is 11.4 Å². The van der Waals surface area contributed by atoms with E-state index in [9.17, 15) is 22.4 Å². The molecular formula is C16H16FN3O4S. The molecule has 0 heterocycles. The molecule has 0 saturated heterocycles. The molecule has 0 aliphatic rings. The van der Waals surface area contributed by atoms with Crippen molar-refractivity contribution in [3.63, 3.8) is 0 Å². The first-order chi connectivity index (χ1) is 11.7. The van der Waals surface area contributed by atoms with E-state index in [-0.39, 0.29) is 22.7 Å². The molecule has 0 aliphatic carbocycles. The number of nitrogens with two attached hydrogens (primary N) is 1. The second-order valence-electron chi connectivity index (χ2n) is 5.25. The van der Waals surface area contributed by atoms with E-state index < -0.39 is 27.7 Å². The van der Waals surface area contributed by atoms with E-state index in [0.29, 0.717) is 5.56 Å². The number of rotatable bonds is 6. The molecule has 0 fully saturated rings. The summed E-state index contributed by atoms with van der Waals surface area (Å²) in [6.07, 6.45) is 0. The van der Waals surface area contributed by atoms with Gasteiger partial charge >= 0.3 is 0 Å². The highest BCUT2D eigenvalue weighted by atomic mass is 32.2. The summed E-state index contributed by atoms with van der Waals surface area (Å²) in [4.78, 5) is 22.3. The lowest BCUT2D eigenvalue weighted by molar-refractivity contribution is -0.117. The fraction of sp³-hybridized carbons (Fsp3) is 0.125. The van der Waals surface area contributed by atoms with Crippen molar-refractivity contribution in [1.29, 1.82) is 0 Å². The van der Waals surface area contributed by atoms with Crippen LogP contribution in [0.3, 0.4) is 0 Å². The molecule has 0 spiro atoms. The lowest BCUT2D eigenvalue weighted by atomic mass is 10.2. The molecule has 0 radical (unpaired) electrons. The van der Waals surface area contributed by atoms with Gasteiger partial charge in [-0.15, -0.1) is 0 Å². The van der Waals surface area contributed by atoms with Crippen LogP contribution in [0.5, 0.6) is 0 Å². The standard InChI is InChI=1S/C16H16FN3O4S/c1-10-5-6-13(8-14(10)17)25(23,24)20-12-4-2-3-11(7-12)16(22)19-9-15(18)21/h2-8,20H,9H2,1H3,(H2,18,21)(H,19,22). The van der Waals surface area contributed by atoms with Crippen molar-refractivity contribution in [3.05, 3.63) is 59.4 Å². The average Bonchev–Trinajstić information content (AvgIpc) is 2.54. The van der Waals surface area contributed by atoms with Gasteiger partial charge < -0.3 is 11.1 Å². The van der Waals surface area contributed by atoms with E-state index in [4.69, 9.17) is 5.73 Å². The summed E-state index contributed by atoms with van der Waals surface area (Å²) in [6.45, 7) is 1.19. The second kappa shape index (κ2) is 7.31. The monoisotopic (exact) mass is 365 g/mol. The van der Waals surface area contributed by atoms with Crippen LogP contribution in [0.25, 0.3) is 0 Å². The van der Waals surface area contributed by atoms with Crippen LogP contribution in [0, 0.1) is 12.7 Å². The van der Waals surface area contributed by atoms with Crippen LogP contribution >= 0.6 is 0 Å². The number of anilines is 1. The van der Waals surface area contributed by atoms with E-state index in [1.54, 1.807) is 0 Å². The molecule has 0 aromatic heterocycles. The predicted octanol–water partition coefficient (Wildman–Crippen LogP) is 1.15. The van der Waals surface area contributed by atoms with Crippen molar-refractivity contribution in [2.75, 3.05) is 11.3 Å². The maximum absolute atomic E-state index is 13.6. The molecule has 0 bridgehead atoms. The summed E-state index contributed by atoms with van der Waals surface area (Å²) in [5.74, 6) is -1.92. The number of amides is 2. The van der Waals surface area contributed by atoms with E-state index in [1.165, 1.54) is 43.3 Å². The quantitative estimate of drug-likeness (QED) is 0.711. The van der Waals surface area contributed by atoms with Crippen LogP contribution in [-0.4, -0.2) is 26.8 Å². The van der Waals surface area contributed by atoms with E-state index in [1.807, 2.05) is 0 Å². The van der Waals surface area contributed by atoms with Crippen molar-refractivity contribution < 1.29 is 22.4 Å². The maximum Gasteiger partial charge on any atom is 0.261 e. The lowest BCUT2D eigenvalue weighted by Gasteiger charge is -2.10. The summed E-state index contributed by atoms with van der Waals surface area (Å²) < 4.78 is 40.5. The Hall–Kier alpha value is -2.94. The van der Waals surface area contributed by atoms with Crippen molar-refractivity contribution in [1.82, 2.24) is 5.32 Å². The SMILES string of the molecule is Cc1ccc(S(=O)(=O)Nc2cccc(C(=O)NCC(N)=O)c2)cc1F. The molecule has 132 valence electrons. The molecule has 7 nitrogen and oxygen atoms in total. The van der Waals surface area contributed by atoms with Gasteiger partial charge in [0.2, 0.25) is 5.91 Å². The smallest absolute Gasteiger partial charge is 0.261 e. The molecule has 25 heavy (non-hydrogen) atoms. The molecule has 0 saturated carbocycles. The molecular weight excluding hydrogens is 349 g/mol. The summed E-state index contributed by atoms with van der Waals surface area (Å²) >= 11 is 0. The van der Waals surface area contributed by atoms with Gasteiger partial charge in [0.15, 0.2) is 0 Å². The highest BCUT2D eigenvalue weighted by Gasteiger charge is 2.16. The highest BCUT2D eigenvalue weighted by molar-refractivity contribution is 7.92. The van der Waals surface area contributed by atoms with Crippen LogP contribution < -0.4 is 15.8 Å². The molecule has 4 N–H and O–H groups in total. The van der Waals surface area contributed by atoms with Gasteiger partial charge in [-0.25, -0.2) is 12.8 Å². The Morgan fingerprint density at radius 3 is 2.52 bits per heavy atom. The van der Waals surface area contributed by atoms with Crippen LogP contribution in [0.15, 0.2) is 47.4 Å². The third-order valence-corrected chi connectivity index (χ3v) is 4.63. The zero-order valence-corrected chi connectivity index (χ0v) is 14.1. The Labute approximate surface area is 144 Å². The number of hydrogen-bond acceptors (Lipinski definition) is 4. The number of halogens is 1. The minimum Gasteiger partial charge on any atom is -0.368 e. The number of aryl methyl sites for hydroxylation is 1. The van der Waals surface area contributed by atoms with E-state index in [2.05, 4.69) is 10.0 Å². The third-order valence-electron chi connectivity index (χ3n) is 3.25. The molecule has 2 aromatic carbocycles. The predicted molar refractivity (Wildman–Crippen MR) is 89.9 cm³/mol. The summed E-state index contributed by atoms with van der Waals surface area (Å²) in [7, 11) is -4.02. The van der Waals surface area contributed by atoms with Crippen LogP contribution in [0.1, 0.15) is 15.9 Å². The second-order valence-corrected chi connectivity index (χ2v) is 6.93. The lowest BCUT2D eigenvalue weighted by Crippen LogP contribution is -2.33. The van der Waals surface area contributed by atoms with Gasteiger partial charge in [0, 0.05) is 11.3 Å². The number of sulfonamides is 1. The largest absolute Gasteiger partial charge is 0.368 e. The number of benzene rings is 2. The molecule has 2 aromatic rings. The van der Waals surface area contributed by atoms with Crippen LogP contribution in [0.2, 0.25) is 0 Å². The fourth-order valence-corrected chi connectivity index (χ4v) is 3.01. The number of primary amides is 1. The number of nitrogens with one attached hydrogen (secondary N) is 2. The minimum absolute atomic E-state index is 0.118. The van der Waals surface area contributed by atoms with Crippen molar-refractivity contribution in [3.8, 4) is 0 Å². The third kappa shape index (κ3) is 4.77. The first-order valence-corrected chi connectivity index (χ1v) is 8.63. The number of carbonyl (C=O) groups is 2. The Morgan fingerprint density at radius 1 is 1.16 bits per heavy atom. The number of carbonyl (C=O) groups excluding carboxylic acids is 2. The summed E-state index contributed by atoms with van der Waals surface area (Å²) in [5, 5.41) is 2.29. The van der Waals surface area contributed by atoms with Crippen molar-refractivity contribution in [2.45, 2.75) is 11.8 Å². The van der Waals surface area contributed by atoms with Gasteiger partial charge in [0.25, 0.3) is 15.9 Å². The zero-order valence-electron chi connectivity index (χ0n) is 13.2. The summed E-state index contributed by atoms with van der Waals surface area (Å²) in [6, 6.07) is 9.20. The normalized spacial score (nSPS) is 11.0. The van der Waals surface area contributed by atoms with Crippen LogP contribution in [0.4, 0.5) is 10.1 Å². The minimum atomic E-state index is -4.02. The maximum atomic E-state index is 13.6. The molecule has 2 amide bonds. The van der Waals surface area contributed by atoms with Crippen LogP contribution in [-0.2, 0) is 14.8 Å². The van der Waals surface area contributed by atoms with Crippen molar-refractivity contribution >= 4 is 27.5 Å². The molecule has 0 unspecified atom stereocenters.